The van der Waals surface area contributed by atoms with E-state index < -0.39 is 0 Å². The maximum Gasteiger partial charge on any atom is 0.222 e. The highest BCUT2D eigenvalue weighted by Gasteiger charge is 2.15. The Morgan fingerprint density at radius 3 is 2.57 bits per heavy atom. The van der Waals surface area contributed by atoms with Gasteiger partial charge in [0.25, 0.3) is 0 Å². The van der Waals surface area contributed by atoms with Crippen molar-refractivity contribution in [3.8, 4) is 11.5 Å². The summed E-state index contributed by atoms with van der Waals surface area (Å²) in [4.78, 5) is 13.7. The van der Waals surface area contributed by atoms with Crippen LogP contribution in [0.15, 0.2) is 12.1 Å². The number of nitrogen functional groups attached to an aromatic ring is 1. The van der Waals surface area contributed by atoms with Crippen LogP contribution >= 0.6 is 0 Å². The van der Waals surface area contributed by atoms with Gasteiger partial charge in [-0.3, -0.25) is 4.79 Å². The average Bonchev–Trinajstić information content (AvgIpc) is 2.49. The van der Waals surface area contributed by atoms with E-state index >= 15 is 0 Å². The number of ether oxygens (including phenoxy) is 2. The van der Waals surface area contributed by atoms with Crippen LogP contribution in [0.5, 0.6) is 11.5 Å². The number of likely N-dealkylation sites (N-methyl/N-ethyl adjacent to an activating group) is 1. The van der Waals surface area contributed by atoms with Gasteiger partial charge in [0, 0.05) is 36.8 Å². The summed E-state index contributed by atoms with van der Waals surface area (Å²) in [6, 6.07) is 3.48. The largest absolute Gasteiger partial charge is 0.493 e. The van der Waals surface area contributed by atoms with Gasteiger partial charge < -0.3 is 25.2 Å². The molecule has 1 rings (SSSR count). The number of aliphatic hydroxyl groups is 1. The molecule has 0 atom stereocenters. The second-order valence-electron chi connectivity index (χ2n) is 4.61. The van der Waals surface area contributed by atoms with Crippen molar-refractivity contribution in [1.82, 2.24) is 4.90 Å². The molecule has 1 aromatic carbocycles. The summed E-state index contributed by atoms with van der Waals surface area (Å²) in [5.74, 6) is 1.15. The van der Waals surface area contributed by atoms with Crippen molar-refractivity contribution in [2.24, 2.45) is 0 Å². The van der Waals surface area contributed by atoms with Gasteiger partial charge in [-0.25, -0.2) is 0 Å². The highest BCUT2D eigenvalue weighted by molar-refractivity contribution is 5.76. The number of rotatable bonds is 8. The summed E-state index contributed by atoms with van der Waals surface area (Å²) >= 11 is 0. The molecule has 21 heavy (non-hydrogen) atoms. The molecule has 0 heterocycles. The number of anilines is 1. The van der Waals surface area contributed by atoms with E-state index in [-0.39, 0.29) is 12.5 Å². The van der Waals surface area contributed by atoms with E-state index in [0.717, 1.165) is 5.56 Å². The summed E-state index contributed by atoms with van der Waals surface area (Å²) in [5.41, 5.74) is 7.24. The van der Waals surface area contributed by atoms with E-state index in [1.165, 1.54) is 0 Å². The molecule has 0 unspecified atom stereocenters. The number of benzene rings is 1. The van der Waals surface area contributed by atoms with Crippen molar-refractivity contribution in [2.45, 2.75) is 19.8 Å². The van der Waals surface area contributed by atoms with Crippen LogP contribution < -0.4 is 15.2 Å². The fourth-order valence-corrected chi connectivity index (χ4v) is 2.23. The van der Waals surface area contributed by atoms with Gasteiger partial charge in [-0.15, -0.1) is 0 Å². The van der Waals surface area contributed by atoms with Crippen LogP contribution in [0.3, 0.4) is 0 Å². The smallest absolute Gasteiger partial charge is 0.222 e. The molecule has 0 saturated heterocycles. The molecule has 0 fully saturated rings. The monoisotopic (exact) mass is 296 g/mol. The third-order valence-electron chi connectivity index (χ3n) is 3.29. The highest BCUT2D eigenvalue weighted by Crippen LogP contribution is 2.34. The summed E-state index contributed by atoms with van der Waals surface area (Å²) in [5, 5.41) is 8.94. The van der Waals surface area contributed by atoms with Gasteiger partial charge in [0.05, 0.1) is 20.8 Å². The van der Waals surface area contributed by atoms with Gasteiger partial charge in [-0.05, 0) is 19.4 Å². The van der Waals surface area contributed by atoms with E-state index in [9.17, 15) is 4.79 Å². The average molecular weight is 296 g/mol. The normalized spacial score (nSPS) is 10.3. The van der Waals surface area contributed by atoms with Crippen LogP contribution in [0, 0.1) is 0 Å². The molecule has 0 bridgehead atoms. The molecule has 6 nitrogen and oxygen atoms in total. The molecule has 0 aliphatic rings. The Labute approximate surface area is 125 Å². The quantitative estimate of drug-likeness (QED) is 0.701. The van der Waals surface area contributed by atoms with E-state index in [2.05, 4.69) is 0 Å². The van der Waals surface area contributed by atoms with Crippen molar-refractivity contribution in [1.29, 1.82) is 0 Å². The zero-order valence-electron chi connectivity index (χ0n) is 12.9. The standard InChI is InChI=1S/C15H24N2O4/c1-4-17(7-8-18)14(19)6-5-11-9-12(16)10-13(20-2)15(11)21-3/h9-10,18H,4-8,16H2,1-3H3. The molecule has 0 radical (unpaired) electrons. The lowest BCUT2D eigenvalue weighted by atomic mass is 10.1. The second-order valence-corrected chi connectivity index (χ2v) is 4.61. The fourth-order valence-electron chi connectivity index (χ4n) is 2.23. The molecule has 0 aliphatic carbocycles. The van der Waals surface area contributed by atoms with Crippen LogP contribution in [0.25, 0.3) is 0 Å². The maximum atomic E-state index is 12.1. The Balaban J connectivity index is 2.83. The van der Waals surface area contributed by atoms with E-state index in [4.69, 9.17) is 20.3 Å². The van der Waals surface area contributed by atoms with Crippen LogP contribution in [0.4, 0.5) is 5.69 Å². The molecule has 6 heteroatoms. The minimum atomic E-state index is -0.0327. The maximum absolute atomic E-state index is 12.1. The van der Waals surface area contributed by atoms with Gasteiger partial charge in [0.15, 0.2) is 11.5 Å². The fraction of sp³-hybridized carbons (Fsp3) is 0.533. The first kappa shape index (κ1) is 17.1. The molecule has 0 spiro atoms. The number of nitrogens with two attached hydrogens (primary N) is 1. The lowest BCUT2D eigenvalue weighted by Gasteiger charge is -2.20. The van der Waals surface area contributed by atoms with Gasteiger partial charge in [-0.2, -0.15) is 0 Å². The minimum Gasteiger partial charge on any atom is -0.493 e. The third-order valence-corrected chi connectivity index (χ3v) is 3.29. The summed E-state index contributed by atoms with van der Waals surface area (Å²) in [6.45, 7) is 2.79. The number of aliphatic hydroxyl groups excluding tert-OH is 1. The van der Waals surface area contributed by atoms with E-state index in [1.54, 1.807) is 31.3 Å². The molecule has 1 amide bonds. The predicted octanol–water partition coefficient (Wildman–Crippen LogP) is 1.06. The van der Waals surface area contributed by atoms with Crippen molar-refractivity contribution in [3.63, 3.8) is 0 Å². The predicted molar refractivity (Wildman–Crippen MR) is 81.6 cm³/mol. The number of methoxy groups -OCH3 is 2. The molecular formula is C15H24N2O4. The number of nitrogens with zero attached hydrogens (tertiary/aromatic N) is 1. The van der Waals surface area contributed by atoms with E-state index in [0.29, 0.717) is 43.1 Å². The molecule has 1 aromatic rings. The van der Waals surface area contributed by atoms with Crippen molar-refractivity contribution < 1.29 is 19.4 Å². The molecule has 0 saturated carbocycles. The highest BCUT2D eigenvalue weighted by atomic mass is 16.5. The van der Waals surface area contributed by atoms with E-state index in [1.807, 2.05) is 6.92 Å². The Bertz CT molecular complexity index is 477. The minimum absolute atomic E-state index is 0.00463. The number of carbonyl (C=O) groups excluding carboxylic acids is 1. The lowest BCUT2D eigenvalue weighted by Crippen LogP contribution is -2.33. The molecular weight excluding hydrogens is 272 g/mol. The molecule has 118 valence electrons. The topological polar surface area (TPSA) is 85.0 Å². The van der Waals surface area contributed by atoms with Crippen molar-refractivity contribution in [3.05, 3.63) is 17.7 Å². The van der Waals surface area contributed by atoms with Gasteiger partial charge >= 0.3 is 0 Å². The Morgan fingerprint density at radius 1 is 1.33 bits per heavy atom. The number of aryl methyl sites for hydroxylation is 1. The van der Waals surface area contributed by atoms with Crippen LogP contribution in [-0.4, -0.2) is 49.8 Å². The first-order valence-corrected chi connectivity index (χ1v) is 6.96. The van der Waals surface area contributed by atoms with Crippen LogP contribution in [0.1, 0.15) is 18.9 Å². The number of amides is 1. The van der Waals surface area contributed by atoms with Crippen LogP contribution in [0.2, 0.25) is 0 Å². The van der Waals surface area contributed by atoms with Crippen molar-refractivity contribution in [2.75, 3.05) is 39.6 Å². The summed E-state index contributed by atoms with van der Waals surface area (Å²) < 4.78 is 10.6. The van der Waals surface area contributed by atoms with Gasteiger partial charge in [0.2, 0.25) is 5.91 Å². The molecule has 0 aromatic heterocycles. The zero-order chi connectivity index (χ0) is 15.8. The first-order chi connectivity index (χ1) is 10.1. The molecule has 3 N–H and O–H groups in total. The number of carbonyl (C=O) groups is 1. The Kier molecular flexibility index (Phi) is 6.81. The van der Waals surface area contributed by atoms with Gasteiger partial charge in [0.1, 0.15) is 0 Å². The molecule has 0 aliphatic heterocycles. The van der Waals surface area contributed by atoms with Crippen molar-refractivity contribution >= 4 is 11.6 Å². The second kappa shape index (κ2) is 8.36. The number of hydrogen-bond donors (Lipinski definition) is 2. The van der Waals surface area contributed by atoms with Crippen LogP contribution in [-0.2, 0) is 11.2 Å². The third kappa shape index (κ3) is 4.53. The first-order valence-electron chi connectivity index (χ1n) is 6.96. The van der Waals surface area contributed by atoms with Gasteiger partial charge in [-0.1, -0.05) is 0 Å². The number of hydrogen-bond acceptors (Lipinski definition) is 5. The zero-order valence-corrected chi connectivity index (χ0v) is 12.9. The Morgan fingerprint density at radius 2 is 2.05 bits per heavy atom. The summed E-state index contributed by atoms with van der Waals surface area (Å²) in [6.07, 6.45) is 0.835. The SMILES string of the molecule is CCN(CCO)C(=O)CCc1cc(N)cc(OC)c1OC. The lowest BCUT2D eigenvalue weighted by molar-refractivity contribution is -0.131. The summed E-state index contributed by atoms with van der Waals surface area (Å²) in [7, 11) is 3.11. The Hall–Kier alpha value is -1.95.